The van der Waals surface area contributed by atoms with Gasteiger partial charge in [0.1, 0.15) is 0 Å². The molecule has 1 saturated carbocycles. The lowest BCUT2D eigenvalue weighted by Gasteiger charge is -2.32. The van der Waals surface area contributed by atoms with Crippen LogP contribution in [0.1, 0.15) is 71.6 Å². The van der Waals surface area contributed by atoms with Crippen LogP contribution >= 0.6 is 0 Å². The first-order valence-corrected chi connectivity index (χ1v) is 8.75. The normalized spacial score (nSPS) is 29.8. The van der Waals surface area contributed by atoms with E-state index in [-0.39, 0.29) is 6.04 Å². The molecule has 2 fully saturated rings. The number of likely N-dealkylation sites (tertiary alicyclic amines) is 1. The molecule has 1 amide bonds. The summed E-state index contributed by atoms with van der Waals surface area (Å²) < 4.78 is 0. The predicted octanol–water partition coefficient (Wildman–Crippen LogP) is 3.34. The summed E-state index contributed by atoms with van der Waals surface area (Å²) in [6, 6.07) is 0.556. The second-order valence-corrected chi connectivity index (χ2v) is 6.75. The van der Waals surface area contributed by atoms with Crippen LogP contribution in [-0.2, 0) is 4.79 Å². The standard InChI is InChI=1S/C17H32N2O/c1-3-15-8-10-16(11-9-15)18-14(2)17(20)19-12-6-4-5-7-13-19/h14-16,18H,3-13H2,1-2H3. The summed E-state index contributed by atoms with van der Waals surface area (Å²) in [5.41, 5.74) is 0. The third-order valence-electron chi connectivity index (χ3n) is 5.20. The molecular formula is C17H32N2O. The van der Waals surface area contributed by atoms with Gasteiger partial charge in [-0.3, -0.25) is 4.79 Å². The summed E-state index contributed by atoms with van der Waals surface area (Å²) in [7, 11) is 0. The molecule has 1 heterocycles. The van der Waals surface area contributed by atoms with Crippen LogP contribution in [0.2, 0.25) is 0 Å². The number of rotatable bonds is 4. The highest BCUT2D eigenvalue weighted by molar-refractivity contribution is 5.81. The Morgan fingerprint density at radius 2 is 1.70 bits per heavy atom. The monoisotopic (exact) mass is 280 g/mol. The molecule has 1 atom stereocenters. The molecule has 1 saturated heterocycles. The van der Waals surface area contributed by atoms with E-state index in [4.69, 9.17) is 0 Å². The first kappa shape index (κ1) is 15.8. The average molecular weight is 280 g/mol. The smallest absolute Gasteiger partial charge is 0.239 e. The second-order valence-electron chi connectivity index (χ2n) is 6.75. The number of carbonyl (C=O) groups is 1. The Hall–Kier alpha value is -0.570. The Balaban J connectivity index is 1.76. The van der Waals surface area contributed by atoms with Crippen LogP contribution in [0.15, 0.2) is 0 Å². The van der Waals surface area contributed by atoms with E-state index >= 15 is 0 Å². The van der Waals surface area contributed by atoms with E-state index in [9.17, 15) is 4.79 Å². The van der Waals surface area contributed by atoms with Crippen molar-refractivity contribution in [3.63, 3.8) is 0 Å². The Morgan fingerprint density at radius 1 is 1.10 bits per heavy atom. The van der Waals surface area contributed by atoms with Gasteiger partial charge < -0.3 is 10.2 Å². The molecule has 0 radical (unpaired) electrons. The average Bonchev–Trinajstić information content (AvgIpc) is 2.76. The van der Waals surface area contributed by atoms with Gasteiger partial charge in [-0.1, -0.05) is 26.2 Å². The van der Waals surface area contributed by atoms with Gasteiger partial charge in [-0.2, -0.15) is 0 Å². The molecule has 0 aromatic carbocycles. The SMILES string of the molecule is CCC1CCC(NC(C)C(=O)N2CCCCCC2)CC1. The Labute approximate surface area is 124 Å². The van der Waals surface area contributed by atoms with E-state index in [2.05, 4.69) is 24.1 Å². The van der Waals surface area contributed by atoms with Gasteiger partial charge in [-0.15, -0.1) is 0 Å². The molecule has 1 aliphatic heterocycles. The van der Waals surface area contributed by atoms with Gasteiger partial charge in [-0.05, 0) is 51.4 Å². The molecule has 0 aromatic rings. The zero-order chi connectivity index (χ0) is 14.4. The maximum atomic E-state index is 12.5. The predicted molar refractivity (Wildman–Crippen MR) is 83.7 cm³/mol. The summed E-state index contributed by atoms with van der Waals surface area (Å²) in [5, 5.41) is 3.59. The van der Waals surface area contributed by atoms with Gasteiger partial charge >= 0.3 is 0 Å². The molecule has 20 heavy (non-hydrogen) atoms. The van der Waals surface area contributed by atoms with Gasteiger partial charge in [0, 0.05) is 19.1 Å². The summed E-state index contributed by atoms with van der Waals surface area (Å²) in [5.74, 6) is 1.24. The lowest BCUT2D eigenvalue weighted by molar-refractivity contribution is -0.133. The van der Waals surface area contributed by atoms with E-state index in [1.807, 2.05) is 0 Å². The number of carbonyl (C=O) groups excluding carboxylic acids is 1. The van der Waals surface area contributed by atoms with Crippen molar-refractivity contribution in [3.8, 4) is 0 Å². The molecule has 3 nitrogen and oxygen atoms in total. The quantitative estimate of drug-likeness (QED) is 0.856. The summed E-state index contributed by atoms with van der Waals surface area (Å²) in [6.07, 6.45) is 11.4. The maximum absolute atomic E-state index is 12.5. The van der Waals surface area contributed by atoms with Crippen molar-refractivity contribution >= 4 is 5.91 Å². The van der Waals surface area contributed by atoms with E-state index < -0.39 is 0 Å². The van der Waals surface area contributed by atoms with Crippen molar-refractivity contribution in [2.45, 2.75) is 83.7 Å². The van der Waals surface area contributed by atoms with Crippen molar-refractivity contribution < 1.29 is 4.79 Å². The molecule has 3 heteroatoms. The molecule has 116 valence electrons. The highest BCUT2D eigenvalue weighted by Crippen LogP contribution is 2.26. The summed E-state index contributed by atoms with van der Waals surface area (Å²) in [4.78, 5) is 14.6. The number of amides is 1. The van der Waals surface area contributed by atoms with Gasteiger partial charge in [0.15, 0.2) is 0 Å². The Bertz CT molecular complexity index is 289. The molecular weight excluding hydrogens is 248 g/mol. The van der Waals surface area contributed by atoms with Gasteiger partial charge in [0.05, 0.1) is 6.04 Å². The van der Waals surface area contributed by atoms with Crippen LogP contribution in [-0.4, -0.2) is 36.0 Å². The zero-order valence-corrected chi connectivity index (χ0v) is 13.4. The fraction of sp³-hybridized carbons (Fsp3) is 0.941. The number of nitrogens with one attached hydrogen (secondary N) is 1. The van der Waals surface area contributed by atoms with Gasteiger partial charge in [0.25, 0.3) is 0 Å². The van der Waals surface area contributed by atoms with Crippen LogP contribution in [0, 0.1) is 5.92 Å². The van der Waals surface area contributed by atoms with Gasteiger partial charge in [-0.25, -0.2) is 0 Å². The molecule has 2 aliphatic rings. The molecule has 0 bridgehead atoms. The minimum Gasteiger partial charge on any atom is -0.341 e. The second kappa shape index (κ2) is 8.02. The van der Waals surface area contributed by atoms with Crippen molar-refractivity contribution in [3.05, 3.63) is 0 Å². The first-order chi connectivity index (χ1) is 9.70. The summed E-state index contributed by atoms with van der Waals surface area (Å²) >= 11 is 0. The molecule has 0 aromatic heterocycles. The molecule has 0 spiro atoms. The maximum Gasteiger partial charge on any atom is 0.239 e. The zero-order valence-electron chi connectivity index (χ0n) is 13.4. The third kappa shape index (κ3) is 4.47. The van der Waals surface area contributed by atoms with Crippen LogP contribution in [0.3, 0.4) is 0 Å². The van der Waals surface area contributed by atoms with E-state index in [1.54, 1.807) is 0 Å². The minimum atomic E-state index is -0.00345. The molecule has 2 rings (SSSR count). The topological polar surface area (TPSA) is 32.3 Å². The lowest BCUT2D eigenvalue weighted by Crippen LogP contribution is -2.49. The minimum absolute atomic E-state index is 0.00345. The Kier molecular flexibility index (Phi) is 6.34. The molecule has 1 aliphatic carbocycles. The highest BCUT2D eigenvalue weighted by Gasteiger charge is 2.26. The summed E-state index contributed by atoms with van der Waals surface area (Å²) in [6.45, 7) is 6.28. The van der Waals surface area contributed by atoms with Crippen molar-refractivity contribution in [2.24, 2.45) is 5.92 Å². The number of nitrogens with zero attached hydrogens (tertiary/aromatic N) is 1. The van der Waals surface area contributed by atoms with Crippen LogP contribution in [0.5, 0.6) is 0 Å². The number of hydrogen-bond donors (Lipinski definition) is 1. The fourth-order valence-electron chi connectivity index (χ4n) is 3.73. The highest BCUT2D eigenvalue weighted by atomic mass is 16.2. The largest absolute Gasteiger partial charge is 0.341 e. The van der Waals surface area contributed by atoms with E-state index in [0.29, 0.717) is 11.9 Å². The molecule has 1 N–H and O–H groups in total. The lowest BCUT2D eigenvalue weighted by atomic mass is 9.84. The van der Waals surface area contributed by atoms with Crippen LogP contribution in [0.4, 0.5) is 0 Å². The molecule has 1 unspecified atom stereocenters. The van der Waals surface area contributed by atoms with E-state index in [0.717, 1.165) is 19.0 Å². The Morgan fingerprint density at radius 3 is 2.25 bits per heavy atom. The van der Waals surface area contributed by atoms with Crippen molar-refractivity contribution in [1.82, 2.24) is 10.2 Å². The van der Waals surface area contributed by atoms with Crippen LogP contribution in [0.25, 0.3) is 0 Å². The third-order valence-corrected chi connectivity index (χ3v) is 5.20. The first-order valence-electron chi connectivity index (χ1n) is 8.75. The van der Waals surface area contributed by atoms with Crippen LogP contribution < -0.4 is 5.32 Å². The van der Waals surface area contributed by atoms with Crippen molar-refractivity contribution in [2.75, 3.05) is 13.1 Å². The van der Waals surface area contributed by atoms with Crippen molar-refractivity contribution in [1.29, 1.82) is 0 Å². The number of hydrogen-bond acceptors (Lipinski definition) is 2. The van der Waals surface area contributed by atoms with Gasteiger partial charge in [0.2, 0.25) is 5.91 Å². The fourth-order valence-corrected chi connectivity index (χ4v) is 3.73. The van der Waals surface area contributed by atoms with E-state index in [1.165, 1.54) is 57.8 Å².